The van der Waals surface area contributed by atoms with E-state index >= 15 is 0 Å². The van der Waals surface area contributed by atoms with Crippen molar-refractivity contribution in [3.05, 3.63) is 0 Å². The van der Waals surface area contributed by atoms with Gasteiger partial charge in [-0.2, -0.15) is 4.99 Å². The third-order valence-corrected chi connectivity index (χ3v) is 5.06. The zero-order valence-electron chi connectivity index (χ0n) is 8.47. The lowest BCUT2D eigenvalue weighted by molar-refractivity contribution is -0.117. The van der Waals surface area contributed by atoms with Crippen molar-refractivity contribution >= 4 is 32.7 Å². The van der Waals surface area contributed by atoms with Crippen LogP contribution in [0.25, 0.3) is 0 Å². The number of rotatable bonds is 2. The fourth-order valence-electron chi connectivity index (χ4n) is 1.25. The summed E-state index contributed by atoms with van der Waals surface area (Å²) in [6, 6.07) is 0. The average molecular weight is 250 g/mol. The van der Waals surface area contributed by atoms with Crippen LogP contribution in [0.3, 0.4) is 0 Å². The molecule has 1 atom stereocenters. The minimum atomic E-state index is -2.89. The normalized spacial score (nSPS) is 25.4. The van der Waals surface area contributed by atoms with Gasteiger partial charge in [0.05, 0.1) is 11.5 Å². The molecule has 0 unspecified atom stereocenters. The molecule has 1 aliphatic rings. The molecule has 0 spiro atoms. The molecule has 0 radical (unpaired) electrons. The van der Waals surface area contributed by atoms with Crippen molar-refractivity contribution in [3.8, 4) is 0 Å². The average Bonchev–Trinajstić information content (AvgIpc) is 2.44. The summed E-state index contributed by atoms with van der Waals surface area (Å²) in [5.74, 6) is 0.0642. The highest BCUT2D eigenvalue weighted by Crippen LogP contribution is 2.24. The van der Waals surface area contributed by atoms with E-state index in [0.29, 0.717) is 12.8 Å². The second-order valence-electron chi connectivity index (χ2n) is 3.34. The number of hydrogen-bond acceptors (Lipinski definition) is 4. The van der Waals surface area contributed by atoms with E-state index in [0.717, 1.165) is 0 Å². The van der Waals surface area contributed by atoms with Crippen molar-refractivity contribution in [1.82, 2.24) is 0 Å². The largest absolute Gasteiger partial charge is 0.378 e. The van der Waals surface area contributed by atoms with Gasteiger partial charge in [0, 0.05) is 11.7 Å². The van der Waals surface area contributed by atoms with Gasteiger partial charge >= 0.3 is 0 Å². The molecule has 1 rings (SSSR count). The Balaban J connectivity index is 2.50. The summed E-state index contributed by atoms with van der Waals surface area (Å²) in [6.45, 7) is 1.70. The van der Waals surface area contributed by atoms with E-state index in [9.17, 15) is 13.2 Å². The SMILES string of the molecule is CCC(=O)N=C(N)S[C@H]1CCS(=O)(=O)C1. The van der Waals surface area contributed by atoms with E-state index in [1.165, 1.54) is 11.8 Å². The number of nitrogens with two attached hydrogens (primary N) is 1. The van der Waals surface area contributed by atoms with Crippen molar-refractivity contribution in [1.29, 1.82) is 0 Å². The van der Waals surface area contributed by atoms with E-state index in [1.54, 1.807) is 6.92 Å². The maximum absolute atomic E-state index is 11.1. The van der Waals surface area contributed by atoms with E-state index in [1.807, 2.05) is 0 Å². The van der Waals surface area contributed by atoms with Gasteiger partial charge in [-0.1, -0.05) is 18.7 Å². The van der Waals surface area contributed by atoms with Crippen LogP contribution in [0.1, 0.15) is 19.8 Å². The first-order chi connectivity index (χ1) is 6.93. The van der Waals surface area contributed by atoms with Crippen molar-refractivity contribution in [2.45, 2.75) is 25.0 Å². The molecule has 5 nitrogen and oxygen atoms in total. The van der Waals surface area contributed by atoms with Crippen LogP contribution in [0, 0.1) is 0 Å². The lowest BCUT2D eigenvalue weighted by Gasteiger charge is -2.05. The molecule has 86 valence electrons. The lowest BCUT2D eigenvalue weighted by Crippen LogP contribution is -2.16. The van der Waals surface area contributed by atoms with Crippen LogP contribution in [-0.2, 0) is 14.6 Å². The number of nitrogens with zero attached hydrogens (tertiary/aromatic N) is 1. The Bertz CT molecular complexity index is 375. The molecule has 0 aromatic heterocycles. The highest BCUT2D eigenvalue weighted by Gasteiger charge is 2.29. The van der Waals surface area contributed by atoms with Crippen LogP contribution in [0.15, 0.2) is 4.99 Å². The van der Waals surface area contributed by atoms with Gasteiger partial charge in [-0.05, 0) is 6.42 Å². The highest BCUT2D eigenvalue weighted by molar-refractivity contribution is 8.15. The number of amides is 1. The Morgan fingerprint density at radius 2 is 2.27 bits per heavy atom. The molecule has 1 aliphatic heterocycles. The summed E-state index contributed by atoms with van der Waals surface area (Å²) >= 11 is 1.18. The number of amidine groups is 1. The summed E-state index contributed by atoms with van der Waals surface area (Å²) in [5, 5.41) is 0.118. The number of aliphatic imine (C=N–C) groups is 1. The number of sulfone groups is 1. The second kappa shape index (κ2) is 4.98. The molecule has 1 amide bonds. The van der Waals surface area contributed by atoms with Crippen LogP contribution in [-0.4, -0.2) is 36.2 Å². The monoisotopic (exact) mass is 250 g/mol. The zero-order chi connectivity index (χ0) is 11.5. The van der Waals surface area contributed by atoms with Crippen molar-refractivity contribution < 1.29 is 13.2 Å². The van der Waals surface area contributed by atoms with Crippen molar-refractivity contribution in [2.75, 3.05) is 11.5 Å². The van der Waals surface area contributed by atoms with Gasteiger partial charge in [0.25, 0.3) is 0 Å². The Morgan fingerprint density at radius 3 is 2.73 bits per heavy atom. The van der Waals surface area contributed by atoms with E-state index < -0.39 is 9.84 Å². The van der Waals surface area contributed by atoms with Crippen LogP contribution in [0.5, 0.6) is 0 Å². The van der Waals surface area contributed by atoms with Gasteiger partial charge < -0.3 is 5.73 Å². The standard InChI is InChI=1S/C8H14N2O3S2/c1-2-7(11)10-8(9)14-6-3-4-15(12,13)5-6/h6H,2-5H2,1H3,(H2,9,10,11)/t6-/m0/s1. The summed E-state index contributed by atoms with van der Waals surface area (Å²) in [7, 11) is -2.89. The summed E-state index contributed by atoms with van der Waals surface area (Å²) in [4.78, 5) is 14.6. The molecule has 7 heteroatoms. The quantitative estimate of drug-likeness (QED) is 0.557. The first-order valence-corrected chi connectivity index (χ1v) is 7.37. The lowest BCUT2D eigenvalue weighted by atomic mass is 10.4. The molecule has 0 aliphatic carbocycles. The molecule has 15 heavy (non-hydrogen) atoms. The highest BCUT2D eigenvalue weighted by atomic mass is 32.2. The Hall–Kier alpha value is -0.560. The molecule has 1 fully saturated rings. The smallest absolute Gasteiger partial charge is 0.247 e. The molecule has 1 heterocycles. The number of carbonyl (C=O) groups excluding carboxylic acids is 1. The molecule has 2 N–H and O–H groups in total. The third kappa shape index (κ3) is 4.21. The maximum atomic E-state index is 11.1. The molecule has 0 bridgehead atoms. The molecule has 0 saturated carbocycles. The minimum Gasteiger partial charge on any atom is -0.378 e. The number of carbonyl (C=O) groups is 1. The van der Waals surface area contributed by atoms with E-state index in [-0.39, 0.29) is 27.8 Å². The van der Waals surface area contributed by atoms with Gasteiger partial charge in [0.15, 0.2) is 15.0 Å². The van der Waals surface area contributed by atoms with E-state index in [4.69, 9.17) is 5.73 Å². The number of thioether (sulfide) groups is 1. The van der Waals surface area contributed by atoms with Gasteiger partial charge in [0.1, 0.15) is 0 Å². The van der Waals surface area contributed by atoms with Crippen LogP contribution in [0.4, 0.5) is 0 Å². The van der Waals surface area contributed by atoms with Crippen LogP contribution >= 0.6 is 11.8 Å². The van der Waals surface area contributed by atoms with Crippen molar-refractivity contribution in [3.63, 3.8) is 0 Å². The Labute approximate surface area is 93.4 Å². The molecule has 0 aromatic rings. The molecular formula is C8H14N2O3S2. The maximum Gasteiger partial charge on any atom is 0.247 e. The van der Waals surface area contributed by atoms with Gasteiger partial charge in [0.2, 0.25) is 5.91 Å². The first kappa shape index (κ1) is 12.5. The van der Waals surface area contributed by atoms with Crippen molar-refractivity contribution in [2.24, 2.45) is 10.7 Å². The fraction of sp³-hybridized carbons (Fsp3) is 0.750. The molecular weight excluding hydrogens is 236 g/mol. The zero-order valence-corrected chi connectivity index (χ0v) is 10.1. The first-order valence-electron chi connectivity index (χ1n) is 4.67. The van der Waals surface area contributed by atoms with E-state index in [2.05, 4.69) is 4.99 Å². The number of hydrogen-bond donors (Lipinski definition) is 1. The summed E-state index contributed by atoms with van der Waals surface area (Å²) in [6.07, 6.45) is 0.897. The Morgan fingerprint density at radius 1 is 1.60 bits per heavy atom. The predicted octanol–water partition coefficient (Wildman–Crippen LogP) is 0.158. The second-order valence-corrected chi connectivity index (χ2v) is 6.89. The topological polar surface area (TPSA) is 89.6 Å². The minimum absolute atomic E-state index is 0.0524. The predicted molar refractivity (Wildman–Crippen MR) is 61.6 cm³/mol. The fourth-order valence-corrected chi connectivity index (χ4v) is 4.57. The summed E-state index contributed by atoms with van der Waals surface area (Å²) < 4.78 is 22.3. The molecule has 1 saturated heterocycles. The van der Waals surface area contributed by atoms with Gasteiger partial charge in [-0.15, -0.1) is 0 Å². The van der Waals surface area contributed by atoms with Gasteiger partial charge in [-0.3, -0.25) is 4.79 Å². The van der Waals surface area contributed by atoms with Crippen LogP contribution < -0.4 is 5.73 Å². The third-order valence-electron chi connectivity index (χ3n) is 2.02. The van der Waals surface area contributed by atoms with Gasteiger partial charge in [-0.25, -0.2) is 8.42 Å². The molecule has 0 aromatic carbocycles. The van der Waals surface area contributed by atoms with Crippen LogP contribution in [0.2, 0.25) is 0 Å². The Kier molecular flexibility index (Phi) is 4.15. The summed E-state index contributed by atoms with van der Waals surface area (Å²) in [5.41, 5.74) is 5.52.